The fourth-order valence-corrected chi connectivity index (χ4v) is 4.18. The molecular weight excluding hydrogens is 472 g/mol. The number of aromatic nitrogens is 1. The third-order valence-electron chi connectivity index (χ3n) is 6.25. The molecule has 0 atom stereocenters. The van der Waals surface area contributed by atoms with Gasteiger partial charge in [0.2, 0.25) is 5.91 Å². The lowest BCUT2D eigenvalue weighted by molar-refractivity contribution is -0.129. The monoisotopic (exact) mass is 510 g/mol. The molecule has 1 heterocycles. The maximum atomic E-state index is 12.5. The van der Waals surface area contributed by atoms with Crippen LogP contribution in [0.25, 0.3) is 11.1 Å². The van der Waals surface area contributed by atoms with Gasteiger partial charge in [-0.15, -0.1) is 0 Å². The number of hydrogen-bond donors (Lipinski definition) is 3. The Kier molecular flexibility index (Phi) is 9.63. The molecule has 3 N–H and O–H groups in total. The van der Waals surface area contributed by atoms with Crippen molar-refractivity contribution >= 4 is 17.9 Å². The molecule has 0 spiro atoms. The van der Waals surface area contributed by atoms with Gasteiger partial charge in [0.05, 0.1) is 6.10 Å². The van der Waals surface area contributed by atoms with E-state index < -0.39 is 11.7 Å². The number of hydrogen-bond acceptors (Lipinski definition) is 6. The smallest absolute Gasteiger partial charge is 0.408 e. The van der Waals surface area contributed by atoms with Crippen molar-refractivity contribution in [3.63, 3.8) is 0 Å². The van der Waals surface area contributed by atoms with E-state index >= 15 is 0 Å². The molecule has 200 valence electrons. The first kappa shape index (κ1) is 28.1. The molecule has 0 aliphatic heterocycles. The molecule has 37 heavy (non-hydrogen) atoms. The molecule has 1 aliphatic rings. The Balaban J connectivity index is 1.52. The van der Waals surface area contributed by atoms with Crippen LogP contribution >= 0.6 is 0 Å². The molecule has 0 radical (unpaired) electrons. The summed E-state index contributed by atoms with van der Waals surface area (Å²) in [5, 5.41) is 15.1. The zero-order valence-electron chi connectivity index (χ0n) is 22.1. The van der Waals surface area contributed by atoms with E-state index in [2.05, 4.69) is 15.6 Å². The molecule has 0 bridgehead atoms. The Hall–Kier alpha value is -3.46. The van der Waals surface area contributed by atoms with Crippen LogP contribution < -0.4 is 10.6 Å². The van der Waals surface area contributed by atoms with Gasteiger partial charge < -0.3 is 25.4 Å². The van der Waals surface area contributed by atoms with E-state index in [9.17, 15) is 19.5 Å². The van der Waals surface area contributed by atoms with Crippen LogP contribution in [0.15, 0.2) is 42.6 Å². The summed E-state index contributed by atoms with van der Waals surface area (Å²) in [4.78, 5) is 42.6. The summed E-state index contributed by atoms with van der Waals surface area (Å²) in [7, 11) is 1.68. The Bertz CT molecular complexity index is 1070. The minimum absolute atomic E-state index is 0.152. The molecule has 9 nitrogen and oxygen atoms in total. The lowest BCUT2D eigenvalue weighted by atomic mass is 9.87. The molecule has 0 saturated heterocycles. The summed E-state index contributed by atoms with van der Waals surface area (Å²) in [5.41, 5.74) is 2.44. The number of rotatable bonds is 8. The number of pyridine rings is 1. The van der Waals surface area contributed by atoms with Crippen molar-refractivity contribution in [1.82, 2.24) is 20.5 Å². The first-order valence-electron chi connectivity index (χ1n) is 12.7. The van der Waals surface area contributed by atoms with Gasteiger partial charge in [0.25, 0.3) is 5.91 Å². The topological polar surface area (TPSA) is 121 Å². The number of alkyl carbamates (subject to hydrolysis) is 1. The number of likely N-dealkylation sites (N-methyl/N-ethyl adjacent to an activating group) is 1. The van der Waals surface area contributed by atoms with E-state index in [1.54, 1.807) is 40.1 Å². The van der Waals surface area contributed by atoms with E-state index in [1.165, 1.54) is 4.90 Å². The van der Waals surface area contributed by atoms with Crippen LogP contribution in [0.2, 0.25) is 0 Å². The first-order valence-corrected chi connectivity index (χ1v) is 12.7. The highest BCUT2D eigenvalue weighted by Gasteiger charge is 2.20. The summed E-state index contributed by atoms with van der Waals surface area (Å²) >= 11 is 0. The number of nitrogens with zero attached hydrogens (tertiary/aromatic N) is 2. The standard InChI is InChI=1S/C28H38N4O5/c1-28(2,3)37-27(36)31-17-25(34)32(4)18-20-6-5-7-21(14-20)22-10-13-24(29-16-22)26(35)30-15-19-8-11-23(33)12-9-19/h5-7,10,13-14,16,19,23,33H,8-9,11-12,15,17-18H2,1-4H3,(H,30,35)(H,31,36). The Morgan fingerprint density at radius 3 is 2.43 bits per heavy atom. The van der Waals surface area contributed by atoms with Gasteiger partial charge in [-0.1, -0.05) is 24.3 Å². The quantitative estimate of drug-likeness (QED) is 0.500. The van der Waals surface area contributed by atoms with Gasteiger partial charge in [-0.25, -0.2) is 4.79 Å². The maximum Gasteiger partial charge on any atom is 0.408 e. The van der Waals surface area contributed by atoms with Gasteiger partial charge in [-0.3, -0.25) is 14.6 Å². The van der Waals surface area contributed by atoms with Gasteiger partial charge in [0.15, 0.2) is 0 Å². The van der Waals surface area contributed by atoms with Gasteiger partial charge in [0.1, 0.15) is 17.8 Å². The molecule has 2 aromatic rings. The normalized spacial score (nSPS) is 17.5. The molecule has 3 amide bonds. The van der Waals surface area contributed by atoms with Crippen LogP contribution in [-0.2, 0) is 16.1 Å². The van der Waals surface area contributed by atoms with Gasteiger partial charge >= 0.3 is 6.09 Å². The molecule has 0 unspecified atom stereocenters. The largest absolute Gasteiger partial charge is 0.444 e. The summed E-state index contributed by atoms with van der Waals surface area (Å²) in [5.74, 6) is -0.0447. The third-order valence-corrected chi connectivity index (χ3v) is 6.25. The number of ether oxygens (including phenoxy) is 1. The summed E-state index contributed by atoms with van der Waals surface area (Å²) in [6, 6.07) is 11.3. The van der Waals surface area contributed by atoms with Crippen molar-refractivity contribution in [2.45, 2.75) is 64.7 Å². The van der Waals surface area contributed by atoms with Crippen molar-refractivity contribution < 1.29 is 24.2 Å². The lowest BCUT2D eigenvalue weighted by Crippen LogP contribution is -2.40. The van der Waals surface area contributed by atoms with Crippen LogP contribution in [0.1, 0.15) is 62.5 Å². The second-order valence-electron chi connectivity index (χ2n) is 10.6. The maximum absolute atomic E-state index is 12.5. The predicted molar refractivity (Wildman–Crippen MR) is 141 cm³/mol. The molecule has 9 heteroatoms. The number of nitrogens with one attached hydrogen (secondary N) is 2. The molecule has 3 rings (SSSR count). The van der Waals surface area contributed by atoms with Gasteiger partial charge in [-0.2, -0.15) is 0 Å². The van der Waals surface area contributed by atoms with E-state index in [-0.39, 0.29) is 24.5 Å². The van der Waals surface area contributed by atoms with Gasteiger partial charge in [-0.05, 0) is 75.6 Å². The van der Waals surface area contributed by atoms with E-state index in [4.69, 9.17) is 4.74 Å². The van der Waals surface area contributed by atoms with Crippen LogP contribution in [0.5, 0.6) is 0 Å². The molecule has 1 saturated carbocycles. The van der Waals surface area contributed by atoms with Crippen molar-refractivity contribution in [1.29, 1.82) is 0 Å². The number of carbonyl (C=O) groups excluding carboxylic acids is 3. The Labute approximate surface area is 218 Å². The fraction of sp³-hybridized carbons (Fsp3) is 0.500. The first-order chi connectivity index (χ1) is 17.5. The number of amides is 3. The molecule has 1 fully saturated rings. The second kappa shape index (κ2) is 12.7. The van der Waals surface area contributed by atoms with Crippen molar-refractivity contribution in [2.24, 2.45) is 5.92 Å². The highest BCUT2D eigenvalue weighted by Crippen LogP contribution is 2.24. The third kappa shape index (κ3) is 9.17. The zero-order valence-corrected chi connectivity index (χ0v) is 22.1. The molecule has 1 aromatic heterocycles. The van der Waals surface area contributed by atoms with Gasteiger partial charge in [0, 0.05) is 31.9 Å². The number of carbonyl (C=O) groups is 3. The minimum Gasteiger partial charge on any atom is -0.444 e. The molecule has 1 aliphatic carbocycles. The Morgan fingerprint density at radius 2 is 1.78 bits per heavy atom. The van der Waals surface area contributed by atoms with Crippen LogP contribution in [0, 0.1) is 5.92 Å². The van der Waals surface area contributed by atoms with Crippen molar-refractivity contribution in [2.75, 3.05) is 20.1 Å². The SMILES string of the molecule is CN(Cc1cccc(-c2ccc(C(=O)NCC3CCC(O)CC3)nc2)c1)C(=O)CNC(=O)OC(C)(C)C. The summed E-state index contributed by atoms with van der Waals surface area (Å²) < 4.78 is 5.16. The van der Waals surface area contributed by atoms with Crippen LogP contribution in [-0.4, -0.2) is 64.7 Å². The summed E-state index contributed by atoms with van der Waals surface area (Å²) in [6.45, 7) is 6.09. The zero-order chi connectivity index (χ0) is 27.0. The van der Waals surface area contributed by atoms with Crippen LogP contribution in [0.3, 0.4) is 0 Å². The Morgan fingerprint density at radius 1 is 1.05 bits per heavy atom. The molecule has 1 aromatic carbocycles. The van der Waals surface area contributed by atoms with E-state index in [1.807, 2.05) is 30.3 Å². The fourth-order valence-electron chi connectivity index (χ4n) is 4.18. The average Bonchev–Trinajstić information content (AvgIpc) is 2.86. The average molecular weight is 511 g/mol. The van der Waals surface area contributed by atoms with Crippen molar-refractivity contribution in [3.8, 4) is 11.1 Å². The van der Waals surface area contributed by atoms with E-state index in [0.29, 0.717) is 24.7 Å². The van der Waals surface area contributed by atoms with E-state index in [0.717, 1.165) is 42.4 Å². The highest BCUT2D eigenvalue weighted by atomic mass is 16.6. The predicted octanol–water partition coefficient (Wildman–Crippen LogP) is 3.51. The molecular formula is C28H38N4O5. The number of benzene rings is 1. The highest BCUT2D eigenvalue weighted by molar-refractivity contribution is 5.92. The number of aliphatic hydroxyl groups excluding tert-OH is 1. The van der Waals surface area contributed by atoms with Crippen LogP contribution in [0.4, 0.5) is 4.79 Å². The summed E-state index contributed by atoms with van der Waals surface area (Å²) in [6.07, 6.45) is 4.26. The minimum atomic E-state index is -0.630. The van der Waals surface area contributed by atoms with Crippen molar-refractivity contribution in [3.05, 3.63) is 53.9 Å². The lowest BCUT2D eigenvalue weighted by Gasteiger charge is -2.25. The second-order valence-corrected chi connectivity index (χ2v) is 10.6. The number of aliphatic hydroxyl groups is 1.